The number of rotatable bonds is 16. The van der Waals surface area contributed by atoms with Gasteiger partial charge < -0.3 is 18.9 Å². The van der Waals surface area contributed by atoms with Gasteiger partial charge in [-0.05, 0) is 12.8 Å². The Morgan fingerprint density at radius 2 is 1.00 bits per heavy atom. The van der Waals surface area contributed by atoms with Crippen molar-refractivity contribution in [2.75, 3.05) is 53.1 Å². The third-order valence-electron chi connectivity index (χ3n) is 2.44. The minimum Gasteiger partial charge on any atom is -0.379 e. The number of hydrogen-bond acceptors (Lipinski definition) is 5. The average Bonchev–Trinajstić information content (AvgIpc) is 2.43. The maximum absolute atomic E-state index is 5.37. The normalized spacial score (nSPS) is 11.1. The van der Waals surface area contributed by atoms with Crippen molar-refractivity contribution in [2.45, 2.75) is 39.5 Å². The first-order valence-corrected chi connectivity index (χ1v) is 7.43. The molecule has 19 heavy (non-hydrogen) atoms. The van der Waals surface area contributed by atoms with Crippen LogP contribution >= 0.6 is 0 Å². The molecule has 0 rings (SSSR count). The zero-order chi connectivity index (χ0) is 14.0. The van der Waals surface area contributed by atoms with Gasteiger partial charge in [-0.1, -0.05) is 26.7 Å². The molecule has 0 aliphatic rings. The second kappa shape index (κ2) is 17.8. The highest BCUT2D eigenvalue weighted by molar-refractivity contribution is 4.35. The smallest absolute Gasteiger partial charge is 0.0983 e. The minimum atomic E-state index is 0.494. The molecule has 5 nitrogen and oxygen atoms in total. The quantitative estimate of drug-likeness (QED) is 0.346. The average molecular weight is 277 g/mol. The summed E-state index contributed by atoms with van der Waals surface area (Å²) >= 11 is 0. The van der Waals surface area contributed by atoms with Crippen LogP contribution in [0, 0.1) is 0 Å². The molecule has 0 aromatic heterocycles. The van der Waals surface area contributed by atoms with Gasteiger partial charge in [-0.15, -0.1) is 0 Å². The third-order valence-corrected chi connectivity index (χ3v) is 2.44. The number of ether oxygens (including phenoxy) is 4. The summed E-state index contributed by atoms with van der Waals surface area (Å²) in [5.74, 6) is 0. The maximum Gasteiger partial charge on any atom is 0.0983 e. The maximum atomic E-state index is 5.37. The van der Waals surface area contributed by atoms with Crippen LogP contribution in [0.2, 0.25) is 0 Å². The second-order valence-corrected chi connectivity index (χ2v) is 4.29. The van der Waals surface area contributed by atoms with Gasteiger partial charge in [0.1, 0.15) is 0 Å². The van der Waals surface area contributed by atoms with E-state index in [4.69, 9.17) is 18.9 Å². The highest BCUT2D eigenvalue weighted by Crippen LogP contribution is 1.88. The van der Waals surface area contributed by atoms with E-state index in [0.29, 0.717) is 39.9 Å². The zero-order valence-electron chi connectivity index (χ0n) is 12.6. The Hall–Kier alpha value is -0.200. The number of nitrogens with one attached hydrogen (secondary N) is 1. The fraction of sp³-hybridized carbons (Fsp3) is 1.00. The molecule has 0 spiro atoms. The number of unbranched alkanes of at least 4 members (excludes halogenated alkanes) is 2. The van der Waals surface area contributed by atoms with E-state index in [1.54, 1.807) is 0 Å². The first-order valence-electron chi connectivity index (χ1n) is 7.43. The fourth-order valence-corrected chi connectivity index (χ4v) is 1.26. The Morgan fingerprint density at radius 1 is 0.579 bits per heavy atom. The molecule has 0 unspecified atom stereocenters. The summed E-state index contributed by atoms with van der Waals surface area (Å²) < 4.78 is 21.4. The molecule has 5 heteroatoms. The molecule has 0 bridgehead atoms. The summed E-state index contributed by atoms with van der Waals surface area (Å²) in [6.07, 6.45) is 4.57. The summed E-state index contributed by atoms with van der Waals surface area (Å²) in [5, 5.41) is 3.03. The van der Waals surface area contributed by atoms with Crippen LogP contribution in [-0.4, -0.2) is 53.1 Å². The standard InChI is InChI=1S/C14H31NO4/c1-3-5-7-16-9-11-18-13-15-14-19-12-10-17-8-6-4-2/h15H,3-14H2,1-2H3. The predicted octanol–water partition coefficient (Wildman–Crippen LogP) is 2.16. The lowest BCUT2D eigenvalue weighted by molar-refractivity contribution is 0.00781. The molecular weight excluding hydrogens is 246 g/mol. The van der Waals surface area contributed by atoms with Crippen LogP contribution in [0.1, 0.15) is 39.5 Å². The largest absolute Gasteiger partial charge is 0.379 e. The van der Waals surface area contributed by atoms with Crippen LogP contribution in [0.15, 0.2) is 0 Å². The van der Waals surface area contributed by atoms with Crippen molar-refractivity contribution in [1.29, 1.82) is 0 Å². The van der Waals surface area contributed by atoms with Gasteiger partial charge in [-0.2, -0.15) is 0 Å². The molecule has 1 N–H and O–H groups in total. The van der Waals surface area contributed by atoms with E-state index in [2.05, 4.69) is 19.2 Å². The lowest BCUT2D eigenvalue weighted by Crippen LogP contribution is -2.23. The van der Waals surface area contributed by atoms with E-state index in [1.165, 1.54) is 12.8 Å². The molecule has 0 saturated heterocycles. The van der Waals surface area contributed by atoms with Crippen LogP contribution in [0.3, 0.4) is 0 Å². The predicted molar refractivity (Wildman–Crippen MR) is 76.2 cm³/mol. The molecule has 0 saturated carbocycles. The van der Waals surface area contributed by atoms with E-state index in [9.17, 15) is 0 Å². The van der Waals surface area contributed by atoms with E-state index in [1.807, 2.05) is 0 Å². The SMILES string of the molecule is CCCCOCCOCNCOCCOCCCC. The zero-order valence-corrected chi connectivity index (χ0v) is 12.6. The monoisotopic (exact) mass is 277 g/mol. The summed E-state index contributed by atoms with van der Waals surface area (Å²) in [6.45, 7) is 9.51. The van der Waals surface area contributed by atoms with Gasteiger partial charge in [-0.25, -0.2) is 0 Å². The summed E-state index contributed by atoms with van der Waals surface area (Å²) in [5.41, 5.74) is 0. The Balaban J connectivity index is 2.88. The van der Waals surface area contributed by atoms with Crippen LogP contribution in [0.4, 0.5) is 0 Å². The Bertz CT molecular complexity index is 142. The van der Waals surface area contributed by atoms with Crippen molar-refractivity contribution in [3.63, 3.8) is 0 Å². The first kappa shape index (κ1) is 18.8. The Kier molecular flexibility index (Phi) is 17.6. The van der Waals surface area contributed by atoms with Gasteiger partial charge >= 0.3 is 0 Å². The minimum absolute atomic E-state index is 0.494. The van der Waals surface area contributed by atoms with Crippen LogP contribution in [0.5, 0.6) is 0 Å². The molecule has 0 fully saturated rings. The van der Waals surface area contributed by atoms with E-state index >= 15 is 0 Å². The lowest BCUT2D eigenvalue weighted by atomic mass is 10.4. The summed E-state index contributed by atoms with van der Waals surface area (Å²) in [4.78, 5) is 0. The topological polar surface area (TPSA) is 49.0 Å². The molecule has 0 heterocycles. The highest BCUT2D eigenvalue weighted by Gasteiger charge is 1.91. The Morgan fingerprint density at radius 3 is 1.42 bits per heavy atom. The van der Waals surface area contributed by atoms with E-state index < -0.39 is 0 Å². The molecule has 0 aromatic carbocycles. The van der Waals surface area contributed by atoms with Crippen molar-refractivity contribution in [3.05, 3.63) is 0 Å². The van der Waals surface area contributed by atoms with Crippen LogP contribution < -0.4 is 5.32 Å². The highest BCUT2D eigenvalue weighted by atomic mass is 16.5. The molecule has 116 valence electrons. The van der Waals surface area contributed by atoms with Crippen molar-refractivity contribution in [3.8, 4) is 0 Å². The van der Waals surface area contributed by atoms with Crippen LogP contribution in [0.25, 0.3) is 0 Å². The fourth-order valence-electron chi connectivity index (χ4n) is 1.26. The van der Waals surface area contributed by atoms with Crippen molar-refractivity contribution < 1.29 is 18.9 Å². The molecule has 0 aromatic rings. The van der Waals surface area contributed by atoms with E-state index in [0.717, 1.165) is 26.1 Å². The molecule has 0 radical (unpaired) electrons. The van der Waals surface area contributed by atoms with Gasteiger partial charge in [0.2, 0.25) is 0 Å². The molecular formula is C14H31NO4. The Labute approximate surface area is 117 Å². The van der Waals surface area contributed by atoms with Gasteiger partial charge in [0.05, 0.1) is 39.9 Å². The molecule has 0 aliphatic heterocycles. The molecule has 0 amide bonds. The summed E-state index contributed by atoms with van der Waals surface area (Å²) in [7, 11) is 0. The first-order chi connectivity index (χ1) is 9.41. The van der Waals surface area contributed by atoms with Gasteiger partial charge in [0.15, 0.2) is 0 Å². The second-order valence-electron chi connectivity index (χ2n) is 4.29. The van der Waals surface area contributed by atoms with Crippen LogP contribution in [-0.2, 0) is 18.9 Å². The van der Waals surface area contributed by atoms with Crippen molar-refractivity contribution in [2.24, 2.45) is 0 Å². The molecule has 0 aliphatic carbocycles. The van der Waals surface area contributed by atoms with Gasteiger partial charge in [0.25, 0.3) is 0 Å². The van der Waals surface area contributed by atoms with Crippen molar-refractivity contribution in [1.82, 2.24) is 5.32 Å². The summed E-state index contributed by atoms with van der Waals surface area (Å²) in [6, 6.07) is 0. The van der Waals surface area contributed by atoms with Gasteiger partial charge in [0, 0.05) is 13.2 Å². The lowest BCUT2D eigenvalue weighted by Gasteiger charge is -2.08. The number of hydrogen-bond donors (Lipinski definition) is 1. The third kappa shape index (κ3) is 17.8. The van der Waals surface area contributed by atoms with Gasteiger partial charge in [-0.3, -0.25) is 5.32 Å². The molecule has 0 atom stereocenters. The van der Waals surface area contributed by atoms with E-state index in [-0.39, 0.29) is 0 Å². The van der Waals surface area contributed by atoms with Crippen molar-refractivity contribution >= 4 is 0 Å².